The highest BCUT2D eigenvalue weighted by Crippen LogP contribution is 2.19. The molecule has 6 nitrogen and oxygen atoms in total. The fraction of sp³-hybridized carbons (Fsp3) is 0.940. The topological polar surface area (TPSA) is 95.9 Å². The van der Waals surface area contributed by atoms with Crippen molar-refractivity contribution in [1.29, 1.82) is 0 Å². The summed E-state index contributed by atoms with van der Waals surface area (Å²) >= 11 is 0. The number of amides is 1. The summed E-state index contributed by atoms with van der Waals surface area (Å²) in [5.41, 5.74) is 0. The number of nitrogens with one attached hydrogen (secondary N) is 1. The third kappa shape index (κ3) is 59.7. The zero-order valence-corrected chi connectivity index (χ0v) is 49.6. The van der Waals surface area contributed by atoms with Crippen molar-refractivity contribution in [3.63, 3.8) is 0 Å². The highest BCUT2D eigenvalue weighted by molar-refractivity contribution is 5.76. The largest absolute Gasteiger partial charge is 0.466 e. The molecular formula is C67H131NO5. The number of carbonyl (C=O) groups is 2. The summed E-state index contributed by atoms with van der Waals surface area (Å²) in [4.78, 5) is 24.6. The van der Waals surface area contributed by atoms with Gasteiger partial charge >= 0.3 is 5.97 Å². The number of ether oxygens (including phenoxy) is 1. The first-order chi connectivity index (χ1) is 36.0. The SMILES string of the molecule is CCCCCCCCCCCCCCCCCCCCCCC/C=C/C(O)C(CO)NC(=O)CCCCCCCCCCCCCCCCCCCCCOC(=O)CCCCCCCCCCCCCCCC. The molecule has 73 heavy (non-hydrogen) atoms. The molecule has 0 aromatic rings. The summed E-state index contributed by atoms with van der Waals surface area (Å²) in [7, 11) is 0. The second-order valence-electron chi connectivity index (χ2n) is 23.2. The summed E-state index contributed by atoms with van der Waals surface area (Å²) in [6.45, 7) is 4.94. The third-order valence-electron chi connectivity index (χ3n) is 15.8. The maximum Gasteiger partial charge on any atom is 0.305 e. The summed E-state index contributed by atoms with van der Waals surface area (Å²) < 4.78 is 5.49. The Balaban J connectivity index is 3.42. The minimum atomic E-state index is -0.847. The molecule has 6 heteroatoms. The summed E-state index contributed by atoms with van der Waals surface area (Å²) in [5.74, 6) is -0.0545. The summed E-state index contributed by atoms with van der Waals surface area (Å²) in [5, 5.41) is 23.2. The smallest absolute Gasteiger partial charge is 0.305 e. The quantitative estimate of drug-likeness (QED) is 0.0320. The van der Waals surface area contributed by atoms with E-state index in [4.69, 9.17) is 4.74 Å². The van der Waals surface area contributed by atoms with Crippen LogP contribution < -0.4 is 5.32 Å². The zero-order chi connectivity index (χ0) is 52.9. The van der Waals surface area contributed by atoms with Crippen molar-refractivity contribution in [2.24, 2.45) is 0 Å². The molecule has 434 valence electrons. The first kappa shape index (κ1) is 71.6. The van der Waals surface area contributed by atoms with E-state index in [1.807, 2.05) is 6.08 Å². The normalized spacial score (nSPS) is 12.5. The highest BCUT2D eigenvalue weighted by atomic mass is 16.5. The van der Waals surface area contributed by atoms with Gasteiger partial charge in [-0.3, -0.25) is 9.59 Å². The summed E-state index contributed by atoms with van der Waals surface area (Å²) in [6.07, 6.45) is 76.9. The van der Waals surface area contributed by atoms with Crippen LogP contribution in [-0.4, -0.2) is 47.4 Å². The van der Waals surface area contributed by atoms with Crippen LogP contribution in [0.15, 0.2) is 12.2 Å². The summed E-state index contributed by atoms with van der Waals surface area (Å²) in [6, 6.07) is -0.630. The van der Waals surface area contributed by atoms with E-state index in [2.05, 4.69) is 19.2 Å². The Morgan fingerprint density at radius 3 is 0.932 bits per heavy atom. The van der Waals surface area contributed by atoms with Crippen LogP contribution in [0.5, 0.6) is 0 Å². The predicted molar refractivity (Wildman–Crippen MR) is 320 cm³/mol. The Kier molecular flexibility index (Phi) is 61.9. The molecule has 3 N–H and O–H groups in total. The Labute approximate surface area is 457 Å². The Morgan fingerprint density at radius 1 is 0.370 bits per heavy atom. The van der Waals surface area contributed by atoms with Crippen molar-refractivity contribution in [3.05, 3.63) is 12.2 Å². The van der Waals surface area contributed by atoms with E-state index in [9.17, 15) is 19.8 Å². The van der Waals surface area contributed by atoms with Gasteiger partial charge in [-0.15, -0.1) is 0 Å². The number of aliphatic hydroxyl groups excluding tert-OH is 2. The van der Waals surface area contributed by atoms with Crippen molar-refractivity contribution >= 4 is 11.9 Å². The fourth-order valence-corrected chi connectivity index (χ4v) is 10.7. The van der Waals surface area contributed by atoms with E-state index in [1.54, 1.807) is 6.08 Å². The third-order valence-corrected chi connectivity index (χ3v) is 15.8. The van der Waals surface area contributed by atoms with Crippen molar-refractivity contribution < 1.29 is 24.5 Å². The van der Waals surface area contributed by atoms with Crippen LogP contribution in [0.4, 0.5) is 0 Å². The van der Waals surface area contributed by atoms with Gasteiger partial charge in [-0.1, -0.05) is 347 Å². The molecule has 0 rings (SSSR count). The number of rotatable bonds is 63. The van der Waals surface area contributed by atoms with Crippen LogP contribution in [0.1, 0.15) is 380 Å². The van der Waals surface area contributed by atoms with Crippen LogP contribution in [0.2, 0.25) is 0 Å². The molecule has 0 aliphatic carbocycles. The van der Waals surface area contributed by atoms with Gasteiger partial charge in [0.05, 0.1) is 25.4 Å². The van der Waals surface area contributed by atoms with Crippen molar-refractivity contribution in [2.75, 3.05) is 13.2 Å². The lowest BCUT2D eigenvalue weighted by atomic mass is 10.0. The van der Waals surface area contributed by atoms with E-state index < -0.39 is 12.1 Å². The molecule has 0 saturated heterocycles. The average molecular weight is 1030 g/mol. The van der Waals surface area contributed by atoms with Crippen molar-refractivity contribution in [1.82, 2.24) is 5.32 Å². The Bertz CT molecular complexity index is 1100. The number of allylic oxidation sites excluding steroid dienone is 1. The number of esters is 1. The first-order valence-corrected chi connectivity index (χ1v) is 33.5. The van der Waals surface area contributed by atoms with Gasteiger partial charge in [-0.25, -0.2) is 0 Å². The van der Waals surface area contributed by atoms with Gasteiger partial charge in [0, 0.05) is 12.8 Å². The molecule has 0 radical (unpaired) electrons. The average Bonchev–Trinajstić information content (AvgIpc) is 3.39. The van der Waals surface area contributed by atoms with Gasteiger partial charge < -0.3 is 20.3 Å². The molecule has 2 atom stereocenters. The number of aliphatic hydroxyl groups is 2. The maximum atomic E-state index is 12.5. The molecule has 0 heterocycles. The standard InChI is InChI=1S/C67H131NO5/c1-3-5-7-9-11-13-15-17-19-20-21-22-23-24-26-29-32-35-39-43-47-51-55-59-65(70)64(63-69)68-66(71)60-56-52-48-44-40-36-33-30-27-25-28-31-34-38-42-46-50-54-58-62-73-67(72)61-57-53-49-45-41-37-18-16-14-12-10-8-6-4-2/h55,59,64-65,69-70H,3-54,56-58,60-63H2,1-2H3,(H,68,71)/b59-55+. The lowest BCUT2D eigenvalue weighted by Crippen LogP contribution is -2.45. The molecule has 0 aromatic carbocycles. The molecule has 2 unspecified atom stereocenters. The van der Waals surface area contributed by atoms with E-state index in [1.165, 1.54) is 315 Å². The van der Waals surface area contributed by atoms with E-state index >= 15 is 0 Å². The van der Waals surface area contributed by atoms with Gasteiger partial charge in [0.2, 0.25) is 5.91 Å². The van der Waals surface area contributed by atoms with Gasteiger partial charge in [0.25, 0.3) is 0 Å². The van der Waals surface area contributed by atoms with Crippen LogP contribution in [0.3, 0.4) is 0 Å². The van der Waals surface area contributed by atoms with Crippen LogP contribution in [0, 0.1) is 0 Å². The maximum absolute atomic E-state index is 12.5. The lowest BCUT2D eigenvalue weighted by Gasteiger charge is -2.20. The molecule has 0 aliphatic heterocycles. The number of hydrogen-bond donors (Lipinski definition) is 3. The minimum Gasteiger partial charge on any atom is -0.466 e. The van der Waals surface area contributed by atoms with Gasteiger partial charge in [0.1, 0.15) is 0 Å². The van der Waals surface area contributed by atoms with E-state index in [-0.39, 0.29) is 18.5 Å². The highest BCUT2D eigenvalue weighted by Gasteiger charge is 2.18. The van der Waals surface area contributed by atoms with Crippen LogP contribution >= 0.6 is 0 Å². The van der Waals surface area contributed by atoms with E-state index in [0.29, 0.717) is 19.4 Å². The van der Waals surface area contributed by atoms with Gasteiger partial charge in [-0.2, -0.15) is 0 Å². The monoisotopic (exact) mass is 1030 g/mol. The van der Waals surface area contributed by atoms with Gasteiger partial charge in [-0.05, 0) is 32.1 Å². The van der Waals surface area contributed by atoms with Crippen molar-refractivity contribution in [2.45, 2.75) is 392 Å². The second kappa shape index (κ2) is 63.1. The minimum absolute atomic E-state index is 0.0117. The van der Waals surface area contributed by atoms with Gasteiger partial charge in [0.15, 0.2) is 0 Å². The molecule has 0 bridgehead atoms. The zero-order valence-electron chi connectivity index (χ0n) is 49.6. The molecule has 0 spiro atoms. The Morgan fingerprint density at radius 2 is 0.630 bits per heavy atom. The predicted octanol–water partition coefficient (Wildman–Crippen LogP) is 21.2. The second-order valence-corrected chi connectivity index (χ2v) is 23.2. The number of hydrogen-bond acceptors (Lipinski definition) is 5. The molecular weight excluding hydrogens is 899 g/mol. The van der Waals surface area contributed by atoms with Crippen LogP contribution in [-0.2, 0) is 14.3 Å². The first-order valence-electron chi connectivity index (χ1n) is 33.5. The molecule has 1 amide bonds. The molecule has 0 saturated carbocycles. The molecule has 0 aromatic heterocycles. The fourth-order valence-electron chi connectivity index (χ4n) is 10.7. The Hall–Kier alpha value is -1.40. The molecule has 0 fully saturated rings. The van der Waals surface area contributed by atoms with Crippen molar-refractivity contribution in [3.8, 4) is 0 Å². The van der Waals surface area contributed by atoms with Crippen LogP contribution in [0.25, 0.3) is 0 Å². The van der Waals surface area contributed by atoms with E-state index in [0.717, 1.165) is 38.5 Å². The number of unbranched alkanes of at least 4 members (excludes halogenated alkanes) is 52. The molecule has 0 aliphatic rings. The number of carbonyl (C=O) groups excluding carboxylic acids is 2. The lowest BCUT2D eigenvalue weighted by molar-refractivity contribution is -0.143.